The molecule has 0 atom stereocenters. The second-order valence-corrected chi connectivity index (χ2v) is 9.12. The zero-order valence-electron chi connectivity index (χ0n) is 13.2. The Bertz CT molecular complexity index is 1020. The van der Waals surface area contributed by atoms with E-state index in [-0.39, 0.29) is 15.6 Å². The van der Waals surface area contributed by atoms with Gasteiger partial charge < -0.3 is 4.52 Å². The van der Waals surface area contributed by atoms with Gasteiger partial charge >= 0.3 is 5.91 Å². The van der Waals surface area contributed by atoms with Gasteiger partial charge in [0.15, 0.2) is 0 Å². The monoisotopic (exact) mass is 385 g/mol. The maximum atomic E-state index is 12.4. The van der Waals surface area contributed by atoms with Crippen molar-refractivity contribution in [2.75, 3.05) is 13.1 Å². The van der Waals surface area contributed by atoms with Gasteiger partial charge in [-0.25, -0.2) is 21.6 Å². The van der Waals surface area contributed by atoms with Gasteiger partial charge in [-0.05, 0) is 31.5 Å². The SMILES string of the molecule is Cc1cc(C(=O)NS(=O)(=O)c2cccc(S(=O)(=O)N3CCC3)c2)on1. The minimum absolute atomic E-state index is 0.141. The molecule has 0 spiro atoms. The van der Waals surface area contributed by atoms with Crippen molar-refractivity contribution in [2.24, 2.45) is 0 Å². The standard InChI is InChI=1S/C14H15N3O6S2/c1-10-8-13(23-15-10)14(18)16-24(19,20)11-4-2-5-12(9-11)25(21,22)17-6-3-7-17/h2,4-5,8-9H,3,6-7H2,1H3,(H,16,18). The van der Waals surface area contributed by atoms with E-state index < -0.39 is 26.0 Å². The molecule has 11 heteroatoms. The molecule has 1 saturated heterocycles. The van der Waals surface area contributed by atoms with Crippen molar-refractivity contribution in [1.82, 2.24) is 14.2 Å². The lowest BCUT2D eigenvalue weighted by atomic mass is 10.3. The highest BCUT2D eigenvalue weighted by Gasteiger charge is 2.30. The molecule has 0 unspecified atom stereocenters. The lowest BCUT2D eigenvalue weighted by Crippen LogP contribution is -2.42. The molecule has 0 bridgehead atoms. The third-order valence-electron chi connectivity index (χ3n) is 3.65. The van der Waals surface area contributed by atoms with E-state index in [0.29, 0.717) is 18.8 Å². The highest BCUT2D eigenvalue weighted by atomic mass is 32.2. The van der Waals surface area contributed by atoms with E-state index in [1.807, 2.05) is 4.72 Å². The number of hydrogen-bond acceptors (Lipinski definition) is 7. The van der Waals surface area contributed by atoms with Crippen LogP contribution in [-0.4, -0.2) is 45.3 Å². The number of rotatable bonds is 5. The van der Waals surface area contributed by atoms with E-state index in [1.165, 1.54) is 28.6 Å². The molecule has 0 radical (unpaired) electrons. The second kappa shape index (κ2) is 6.24. The number of carbonyl (C=O) groups is 1. The van der Waals surface area contributed by atoms with Crippen molar-refractivity contribution in [2.45, 2.75) is 23.1 Å². The van der Waals surface area contributed by atoms with Crippen LogP contribution < -0.4 is 4.72 Å². The summed E-state index contributed by atoms with van der Waals surface area (Å²) in [5.74, 6) is -1.25. The number of hydrogen-bond donors (Lipinski definition) is 1. The Morgan fingerprint density at radius 2 is 1.84 bits per heavy atom. The van der Waals surface area contributed by atoms with Crippen LogP contribution >= 0.6 is 0 Å². The van der Waals surface area contributed by atoms with Crippen LogP contribution in [0.5, 0.6) is 0 Å². The number of aromatic nitrogens is 1. The average molecular weight is 385 g/mol. The normalized spacial score (nSPS) is 15.6. The number of sulfonamides is 2. The maximum absolute atomic E-state index is 12.4. The topological polar surface area (TPSA) is 127 Å². The summed E-state index contributed by atoms with van der Waals surface area (Å²) in [5, 5.41) is 3.51. The van der Waals surface area contributed by atoms with Crippen molar-refractivity contribution in [3.63, 3.8) is 0 Å². The fourth-order valence-electron chi connectivity index (χ4n) is 2.18. The largest absolute Gasteiger partial charge is 0.351 e. The smallest absolute Gasteiger partial charge is 0.303 e. The van der Waals surface area contributed by atoms with Crippen molar-refractivity contribution < 1.29 is 26.2 Å². The van der Waals surface area contributed by atoms with Gasteiger partial charge in [-0.1, -0.05) is 11.2 Å². The summed E-state index contributed by atoms with van der Waals surface area (Å²) in [4.78, 5) is 11.5. The molecular formula is C14H15N3O6S2. The van der Waals surface area contributed by atoms with Crippen molar-refractivity contribution in [3.05, 3.63) is 41.8 Å². The number of nitrogens with one attached hydrogen (secondary N) is 1. The molecule has 9 nitrogen and oxygen atoms in total. The van der Waals surface area contributed by atoms with Gasteiger partial charge in [0.2, 0.25) is 15.8 Å². The number of benzene rings is 1. The van der Waals surface area contributed by atoms with E-state index in [9.17, 15) is 21.6 Å². The third kappa shape index (κ3) is 3.43. The summed E-state index contributed by atoms with van der Waals surface area (Å²) in [6, 6.07) is 6.14. The summed E-state index contributed by atoms with van der Waals surface area (Å²) >= 11 is 0. The predicted octanol–water partition coefficient (Wildman–Crippen LogP) is 0.496. The van der Waals surface area contributed by atoms with Gasteiger partial charge in [0.1, 0.15) is 0 Å². The van der Waals surface area contributed by atoms with Crippen molar-refractivity contribution in [3.8, 4) is 0 Å². The first-order valence-corrected chi connectivity index (χ1v) is 10.2. The van der Waals surface area contributed by atoms with Crippen LogP contribution in [0.1, 0.15) is 22.7 Å². The lowest BCUT2D eigenvalue weighted by Gasteiger charge is -2.29. The zero-order chi connectivity index (χ0) is 18.2. The Morgan fingerprint density at radius 1 is 1.16 bits per heavy atom. The number of nitrogens with zero attached hydrogens (tertiary/aromatic N) is 2. The van der Waals surface area contributed by atoms with E-state index in [4.69, 9.17) is 4.52 Å². The molecule has 2 heterocycles. The lowest BCUT2D eigenvalue weighted by molar-refractivity contribution is 0.0945. The molecule has 25 heavy (non-hydrogen) atoms. The van der Waals surface area contributed by atoms with Crippen molar-refractivity contribution >= 4 is 26.0 Å². The van der Waals surface area contributed by atoms with Gasteiger partial charge in [0.25, 0.3) is 10.0 Å². The van der Waals surface area contributed by atoms with Crippen LogP contribution in [0.15, 0.2) is 44.6 Å². The zero-order valence-corrected chi connectivity index (χ0v) is 14.8. The van der Waals surface area contributed by atoms with Gasteiger partial charge in [-0.3, -0.25) is 4.79 Å². The number of amides is 1. The molecular weight excluding hydrogens is 370 g/mol. The predicted molar refractivity (Wildman–Crippen MR) is 85.7 cm³/mol. The average Bonchev–Trinajstić information content (AvgIpc) is 2.91. The molecule has 1 aliphatic rings. The third-order valence-corrected chi connectivity index (χ3v) is 6.87. The van der Waals surface area contributed by atoms with Crippen LogP contribution in [0.3, 0.4) is 0 Å². The molecule has 1 aliphatic heterocycles. The summed E-state index contributed by atoms with van der Waals surface area (Å²) in [5.41, 5.74) is 0.421. The Balaban J connectivity index is 1.87. The maximum Gasteiger partial charge on any atom is 0.303 e. The fraction of sp³-hybridized carbons (Fsp3) is 0.286. The summed E-state index contributed by atoms with van der Waals surface area (Å²) in [6.07, 6.45) is 0.768. The summed E-state index contributed by atoms with van der Waals surface area (Å²) in [7, 11) is -8.00. The van der Waals surface area contributed by atoms with Crippen LogP contribution in [0.25, 0.3) is 0 Å². The number of aryl methyl sites for hydroxylation is 1. The molecule has 0 aliphatic carbocycles. The first-order chi connectivity index (χ1) is 11.7. The molecule has 1 aromatic heterocycles. The molecule has 0 saturated carbocycles. The number of carbonyl (C=O) groups excluding carboxylic acids is 1. The minimum atomic E-state index is -4.27. The van der Waals surface area contributed by atoms with Crippen LogP contribution in [-0.2, 0) is 20.0 Å². The van der Waals surface area contributed by atoms with E-state index >= 15 is 0 Å². The highest BCUT2D eigenvalue weighted by Crippen LogP contribution is 2.23. The Morgan fingerprint density at radius 3 is 2.40 bits per heavy atom. The second-order valence-electron chi connectivity index (χ2n) is 5.50. The fourth-order valence-corrected chi connectivity index (χ4v) is 4.82. The van der Waals surface area contributed by atoms with Gasteiger partial charge in [0, 0.05) is 19.2 Å². The summed E-state index contributed by atoms with van der Waals surface area (Å²) in [6.45, 7) is 2.39. The van der Waals surface area contributed by atoms with E-state index in [1.54, 1.807) is 6.92 Å². The van der Waals surface area contributed by atoms with E-state index in [2.05, 4.69) is 5.16 Å². The molecule has 1 amide bonds. The molecule has 134 valence electrons. The minimum Gasteiger partial charge on any atom is -0.351 e. The van der Waals surface area contributed by atoms with Crippen LogP contribution in [0.2, 0.25) is 0 Å². The van der Waals surface area contributed by atoms with Crippen LogP contribution in [0, 0.1) is 6.92 Å². The van der Waals surface area contributed by atoms with Crippen molar-refractivity contribution in [1.29, 1.82) is 0 Å². The summed E-state index contributed by atoms with van der Waals surface area (Å²) < 4.78 is 57.2. The molecule has 2 aromatic rings. The van der Waals surface area contributed by atoms with Crippen LogP contribution in [0.4, 0.5) is 0 Å². The first kappa shape index (κ1) is 17.6. The quantitative estimate of drug-likeness (QED) is 0.794. The van der Waals surface area contributed by atoms with E-state index in [0.717, 1.165) is 12.5 Å². The highest BCUT2D eigenvalue weighted by molar-refractivity contribution is 7.90. The van der Waals surface area contributed by atoms with Gasteiger partial charge in [0.05, 0.1) is 15.5 Å². The Kier molecular flexibility index (Phi) is 4.39. The molecule has 3 rings (SSSR count). The molecule has 1 aromatic carbocycles. The first-order valence-electron chi connectivity index (χ1n) is 7.31. The molecule has 1 N–H and O–H groups in total. The molecule has 1 fully saturated rings. The Labute approximate surface area is 144 Å². The van der Waals surface area contributed by atoms with Gasteiger partial charge in [-0.15, -0.1) is 0 Å². The van der Waals surface area contributed by atoms with Gasteiger partial charge in [-0.2, -0.15) is 4.31 Å². The Hall–Kier alpha value is -2.24.